The number of alkyl halides is 2. The number of hydrogen-bond donors (Lipinski definition) is 1. The lowest BCUT2D eigenvalue weighted by Crippen LogP contribution is -2.67. The summed E-state index contributed by atoms with van der Waals surface area (Å²) >= 11 is 0. The van der Waals surface area contributed by atoms with E-state index in [1.165, 1.54) is 18.2 Å². The van der Waals surface area contributed by atoms with Crippen LogP contribution in [0.25, 0.3) is 0 Å². The number of allylic oxidation sites excluding steroid dienone is 2. The zero-order valence-electron chi connectivity index (χ0n) is 24.2. The number of nitrogens with one attached hydrogen (secondary N) is 1. The number of halogens is 2. The highest BCUT2D eigenvalue weighted by molar-refractivity contribution is 7.58. The minimum atomic E-state index is -4.07. The van der Waals surface area contributed by atoms with E-state index >= 15 is 0 Å². The van der Waals surface area contributed by atoms with E-state index in [0.29, 0.717) is 12.2 Å². The summed E-state index contributed by atoms with van der Waals surface area (Å²) in [5.41, 5.74) is -0.0815. The van der Waals surface area contributed by atoms with Crippen molar-refractivity contribution in [1.82, 2.24) is 10.2 Å². The Kier molecular flexibility index (Phi) is 9.00. The molecule has 2 aromatic carbocycles. The highest BCUT2D eigenvalue weighted by Crippen LogP contribution is 2.68. The van der Waals surface area contributed by atoms with E-state index in [2.05, 4.69) is 5.32 Å². The molecule has 0 spiro atoms. The van der Waals surface area contributed by atoms with Crippen LogP contribution in [-0.4, -0.2) is 49.3 Å². The van der Waals surface area contributed by atoms with E-state index < -0.39 is 49.0 Å². The van der Waals surface area contributed by atoms with Gasteiger partial charge in [0.1, 0.15) is 5.75 Å². The molecule has 2 aliphatic heterocycles. The maximum atomic E-state index is 14.4. The van der Waals surface area contributed by atoms with Gasteiger partial charge in [-0.1, -0.05) is 62.4 Å². The van der Waals surface area contributed by atoms with Gasteiger partial charge in [0.05, 0.1) is 24.1 Å². The fraction of sp³-hybridized carbons (Fsp3) is 0.500. The first-order valence-corrected chi connectivity index (χ1v) is 15.1. The number of carboxylic acid groups (broad SMARTS) is 1. The molecule has 4 rings (SSSR count). The Labute approximate surface area is 240 Å². The summed E-state index contributed by atoms with van der Waals surface area (Å²) in [6.07, 6.45) is 0. The summed E-state index contributed by atoms with van der Waals surface area (Å²) in [6, 6.07) is 15.3. The van der Waals surface area contributed by atoms with Gasteiger partial charge in [0.2, 0.25) is 0 Å². The smallest absolute Gasteiger partial charge is 0.387 e. The van der Waals surface area contributed by atoms with Crippen LogP contribution in [0.15, 0.2) is 65.6 Å². The number of benzene rings is 2. The SMILES string of the molecule is CC1=C(P2(=O)OCC(C)(C)CO2)C(c2ccccc2OC(F)F)C(C(=O)[O-])C(C)(C(C)N(C)Cc2ccccc2)N1. The van der Waals surface area contributed by atoms with Crippen molar-refractivity contribution < 1.29 is 37.0 Å². The van der Waals surface area contributed by atoms with Crippen molar-refractivity contribution in [3.8, 4) is 5.75 Å². The van der Waals surface area contributed by atoms with Crippen LogP contribution in [0.1, 0.15) is 51.7 Å². The summed E-state index contributed by atoms with van der Waals surface area (Å²) in [6.45, 7) is 6.68. The second kappa shape index (κ2) is 11.8. The van der Waals surface area contributed by atoms with E-state index in [4.69, 9.17) is 13.8 Å². The Balaban J connectivity index is 1.89. The monoisotopic (exact) mass is 591 g/mol. The molecule has 2 heterocycles. The molecule has 2 aliphatic rings. The van der Waals surface area contributed by atoms with Crippen molar-refractivity contribution in [1.29, 1.82) is 0 Å². The molecule has 41 heavy (non-hydrogen) atoms. The number of nitrogens with zero attached hydrogens (tertiary/aromatic N) is 1. The van der Waals surface area contributed by atoms with E-state index in [9.17, 15) is 23.2 Å². The molecular formula is C30H38F2N2O6P-. The first-order valence-electron chi connectivity index (χ1n) is 13.6. The minimum Gasteiger partial charge on any atom is -0.550 e. The molecule has 4 atom stereocenters. The Hall–Kier alpha value is -2.78. The lowest BCUT2D eigenvalue weighted by atomic mass is 9.67. The summed E-state index contributed by atoms with van der Waals surface area (Å²) < 4.78 is 58.0. The fourth-order valence-electron chi connectivity index (χ4n) is 5.88. The molecule has 224 valence electrons. The lowest BCUT2D eigenvalue weighted by Gasteiger charge is -2.54. The van der Waals surface area contributed by atoms with Crippen molar-refractivity contribution in [2.45, 2.75) is 65.3 Å². The van der Waals surface area contributed by atoms with Crippen LogP contribution < -0.4 is 15.2 Å². The van der Waals surface area contributed by atoms with Gasteiger partial charge in [0.15, 0.2) is 0 Å². The maximum Gasteiger partial charge on any atom is 0.387 e. The summed E-state index contributed by atoms with van der Waals surface area (Å²) in [5.74, 6) is -4.26. The number of hydrogen-bond acceptors (Lipinski definition) is 8. The number of aliphatic carboxylic acids is 1. The number of carboxylic acids is 1. The van der Waals surface area contributed by atoms with Crippen LogP contribution in [0.3, 0.4) is 0 Å². The highest BCUT2D eigenvalue weighted by atomic mass is 31.2. The topological polar surface area (TPSA) is 100 Å². The van der Waals surface area contributed by atoms with Gasteiger partial charge >= 0.3 is 14.2 Å². The van der Waals surface area contributed by atoms with Gasteiger partial charge in [-0.25, -0.2) is 0 Å². The Bertz CT molecular complexity index is 1320. The molecule has 1 N–H and O–H groups in total. The number of likely N-dealkylation sites (N-methyl/N-ethyl adjacent to an activating group) is 1. The van der Waals surface area contributed by atoms with Crippen molar-refractivity contribution >= 4 is 13.6 Å². The van der Waals surface area contributed by atoms with Gasteiger partial charge in [-0.3, -0.25) is 9.46 Å². The number of carbonyl (C=O) groups excluding carboxylic acids is 1. The zero-order valence-corrected chi connectivity index (χ0v) is 25.1. The second-order valence-electron chi connectivity index (χ2n) is 11.9. The minimum absolute atomic E-state index is 0.0721. The first kappa shape index (κ1) is 31.2. The van der Waals surface area contributed by atoms with Gasteiger partial charge in [-0.2, -0.15) is 8.78 Å². The standard InChI is InChI=1S/C30H39F2N2O6P/c1-19-26(41(37)38-17-29(3,4)18-39-41)24(22-14-10-11-15-23(22)40-28(31)32)25(27(35)36)30(5,33-19)20(2)34(6)16-21-12-8-7-9-13-21/h7-15,20,24-25,28,33H,16-18H2,1-6H3,(H,35,36)/p-1. The molecule has 4 unspecified atom stereocenters. The molecule has 0 saturated carbocycles. The number of rotatable bonds is 9. The molecule has 0 aliphatic carbocycles. The zero-order chi connectivity index (χ0) is 30.2. The third kappa shape index (κ3) is 6.36. The van der Waals surface area contributed by atoms with Crippen molar-refractivity contribution in [2.24, 2.45) is 11.3 Å². The van der Waals surface area contributed by atoms with Crippen LogP contribution >= 0.6 is 7.60 Å². The lowest BCUT2D eigenvalue weighted by molar-refractivity contribution is -0.315. The first-order chi connectivity index (χ1) is 19.2. The van der Waals surface area contributed by atoms with Crippen LogP contribution in [0.2, 0.25) is 0 Å². The van der Waals surface area contributed by atoms with Gasteiger partial charge in [-0.05, 0) is 39.4 Å². The maximum absolute atomic E-state index is 14.4. The highest BCUT2D eigenvalue weighted by Gasteiger charge is 2.56. The van der Waals surface area contributed by atoms with Gasteiger partial charge in [0, 0.05) is 47.1 Å². The van der Waals surface area contributed by atoms with Crippen LogP contribution in [0, 0.1) is 11.3 Å². The average molecular weight is 592 g/mol. The van der Waals surface area contributed by atoms with Crippen LogP contribution in [0.4, 0.5) is 8.78 Å². The molecule has 2 aromatic rings. The second-order valence-corrected chi connectivity index (χ2v) is 13.9. The number of ether oxygens (including phenoxy) is 1. The summed E-state index contributed by atoms with van der Waals surface area (Å²) in [5, 5.41) is 16.6. The molecule has 1 fully saturated rings. The van der Waals surface area contributed by atoms with Crippen LogP contribution in [0.5, 0.6) is 5.75 Å². The van der Waals surface area contributed by atoms with E-state index in [-0.39, 0.29) is 29.8 Å². The predicted octanol–water partition coefficient (Wildman–Crippen LogP) is 5.12. The van der Waals surface area contributed by atoms with Gasteiger partial charge in [-0.15, -0.1) is 0 Å². The molecule has 0 bridgehead atoms. The predicted molar refractivity (Wildman–Crippen MR) is 149 cm³/mol. The third-order valence-corrected chi connectivity index (χ3v) is 10.3. The molecule has 0 amide bonds. The summed E-state index contributed by atoms with van der Waals surface area (Å²) in [7, 11) is -2.19. The number of para-hydroxylation sites is 1. The molecule has 0 aromatic heterocycles. The quantitative estimate of drug-likeness (QED) is 0.402. The molecular weight excluding hydrogens is 553 g/mol. The fourth-order valence-corrected chi connectivity index (χ4v) is 8.36. The normalized spacial score (nSPS) is 26.5. The van der Waals surface area contributed by atoms with Gasteiger partial charge in [0.25, 0.3) is 0 Å². The molecule has 11 heteroatoms. The van der Waals surface area contributed by atoms with Gasteiger partial charge < -0.3 is 29.0 Å². The molecule has 8 nitrogen and oxygen atoms in total. The molecule has 1 saturated heterocycles. The Morgan fingerprint density at radius 3 is 2.29 bits per heavy atom. The largest absolute Gasteiger partial charge is 0.550 e. The Morgan fingerprint density at radius 2 is 1.71 bits per heavy atom. The molecule has 0 radical (unpaired) electrons. The van der Waals surface area contributed by atoms with E-state index in [1.54, 1.807) is 19.9 Å². The van der Waals surface area contributed by atoms with Crippen molar-refractivity contribution in [3.63, 3.8) is 0 Å². The van der Waals surface area contributed by atoms with E-state index in [0.717, 1.165) is 5.56 Å². The number of carbonyl (C=O) groups is 1. The third-order valence-electron chi connectivity index (χ3n) is 8.19. The average Bonchev–Trinajstić information content (AvgIpc) is 2.90. The van der Waals surface area contributed by atoms with E-state index in [1.807, 2.05) is 63.1 Å². The van der Waals surface area contributed by atoms with Crippen LogP contribution in [-0.2, 0) is 25.0 Å². The summed E-state index contributed by atoms with van der Waals surface area (Å²) in [4.78, 5) is 15.2. The Morgan fingerprint density at radius 1 is 1.12 bits per heavy atom. The van der Waals surface area contributed by atoms with Crippen molar-refractivity contribution in [3.05, 3.63) is 76.7 Å². The van der Waals surface area contributed by atoms with Crippen molar-refractivity contribution in [2.75, 3.05) is 20.3 Å².